The SMILES string of the molecule is Cc1ccccc1CSc1ccc(C#N)cc1N. The third-order valence-electron chi connectivity index (χ3n) is 2.78. The molecule has 0 radical (unpaired) electrons. The summed E-state index contributed by atoms with van der Waals surface area (Å²) < 4.78 is 0. The van der Waals surface area contributed by atoms with Gasteiger partial charge in [0.05, 0.1) is 11.6 Å². The molecule has 90 valence electrons. The molecule has 2 N–H and O–H groups in total. The fraction of sp³-hybridized carbons (Fsp3) is 0.133. The first kappa shape index (κ1) is 12.5. The summed E-state index contributed by atoms with van der Waals surface area (Å²) in [7, 11) is 0. The molecule has 2 aromatic carbocycles. The molecule has 18 heavy (non-hydrogen) atoms. The number of nitrogens with zero attached hydrogens (tertiary/aromatic N) is 1. The van der Waals surface area contributed by atoms with E-state index in [1.165, 1.54) is 11.1 Å². The highest BCUT2D eigenvalue weighted by Gasteiger charge is 2.03. The Morgan fingerprint density at radius 3 is 2.67 bits per heavy atom. The maximum absolute atomic E-state index is 8.78. The number of thioether (sulfide) groups is 1. The molecule has 0 saturated carbocycles. The lowest BCUT2D eigenvalue weighted by atomic mass is 10.1. The van der Waals surface area contributed by atoms with Crippen molar-refractivity contribution in [1.82, 2.24) is 0 Å². The number of rotatable bonds is 3. The topological polar surface area (TPSA) is 49.8 Å². The number of benzene rings is 2. The normalized spacial score (nSPS) is 10.0. The predicted molar refractivity (Wildman–Crippen MR) is 76.3 cm³/mol. The number of nitriles is 1. The van der Waals surface area contributed by atoms with E-state index in [0.29, 0.717) is 11.3 Å². The molecular formula is C15H14N2S. The van der Waals surface area contributed by atoms with Crippen LogP contribution in [0.5, 0.6) is 0 Å². The second-order valence-electron chi connectivity index (χ2n) is 4.08. The molecule has 0 aromatic heterocycles. The van der Waals surface area contributed by atoms with Crippen LogP contribution in [0.1, 0.15) is 16.7 Å². The lowest BCUT2D eigenvalue weighted by molar-refractivity contribution is 1.30. The van der Waals surface area contributed by atoms with Crippen molar-refractivity contribution >= 4 is 17.4 Å². The van der Waals surface area contributed by atoms with E-state index in [0.717, 1.165) is 10.6 Å². The number of anilines is 1. The molecule has 3 heteroatoms. The third kappa shape index (κ3) is 2.85. The van der Waals surface area contributed by atoms with Crippen LogP contribution in [0.2, 0.25) is 0 Å². The molecule has 0 atom stereocenters. The van der Waals surface area contributed by atoms with E-state index in [4.69, 9.17) is 11.0 Å². The maximum atomic E-state index is 8.78. The van der Waals surface area contributed by atoms with Crippen LogP contribution in [0.15, 0.2) is 47.4 Å². The molecule has 0 amide bonds. The van der Waals surface area contributed by atoms with Crippen LogP contribution in [-0.2, 0) is 5.75 Å². The highest BCUT2D eigenvalue weighted by Crippen LogP contribution is 2.29. The van der Waals surface area contributed by atoms with Gasteiger partial charge in [0, 0.05) is 16.3 Å². The zero-order valence-corrected chi connectivity index (χ0v) is 11.0. The average Bonchev–Trinajstić information content (AvgIpc) is 2.39. The van der Waals surface area contributed by atoms with Gasteiger partial charge in [0.15, 0.2) is 0 Å². The Labute approximate surface area is 111 Å². The van der Waals surface area contributed by atoms with Crippen LogP contribution in [0, 0.1) is 18.3 Å². The van der Waals surface area contributed by atoms with E-state index in [-0.39, 0.29) is 0 Å². The molecule has 0 aliphatic rings. The van der Waals surface area contributed by atoms with Crippen LogP contribution < -0.4 is 5.73 Å². The molecule has 2 nitrogen and oxygen atoms in total. The van der Waals surface area contributed by atoms with Gasteiger partial charge < -0.3 is 5.73 Å². The van der Waals surface area contributed by atoms with Gasteiger partial charge in [0.25, 0.3) is 0 Å². The second kappa shape index (κ2) is 5.61. The van der Waals surface area contributed by atoms with E-state index in [9.17, 15) is 0 Å². The number of hydrogen-bond donors (Lipinski definition) is 1. The maximum Gasteiger partial charge on any atom is 0.0992 e. The van der Waals surface area contributed by atoms with Gasteiger partial charge in [-0.1, -0.05) is 24.3 Å². The van der Waals surface area contributed by atoms with Crippen molar-refractivity contribution < 1.29 is 0 Å². The van der Waals surface area contributed by atoms with Gasteiger partial charge in [-0.2, -0.15) is 5.26 Å². The van der Waals surface area contributed by atoms with Crippen molar-refractivity contribution in [2.75, 3.05) is 5.73 Å². The first-order valence-corrected chi connectivity index (χ1v) is 6.66. The Balaban J connectivity index is 2.12. The van der Waals surface area contributed by atoms with Crippen LogP contribution in [-0.4, -0.2) is 0 Å². The highest BCUT2D eigenvalue weighted by atomic mass is 32.2. The molecule has 0 saturated heterocycles. The molecule has 0 aliphatic carbocycles. The van der Waals surface area contributed by atoms with E-state index in [2.05, 4.69) is 25.1 Å². The van der Waals surface area contributed by atoms with Gasteiger partial charge in [-0.05, 0) is 36.2 Å². The Kier molecular flexibility index (Phi) is 3.91. The van der Waals surface area contributed by atoms with E-state index in [1.807, 2.05) is 18.2 Å². The summed E-state index contributed by atoms with van der Waals surface area (Å²) in [6.07, 6.45) is 0. The minimum Gasteiger partial charge on any atom is -0.398 e. The summed E-state index contributed by atoms with van der Waals surface area (Å²) in [5, 5.41) is 8.78. The molecule has 0 fully saturated rings. The van der Waals surface area contributed by atoms with Crippen LogP contribution in [0.3, 0.4) is 0 Å². The van der Waals surface area contributed by atoms with Gasteiger partial charge in [-0.25, -0.2) is 0 Å². The summed E-state index contributed by atoms with van der Waals surface area (Å²) in [5.41, 5.74) is 9.81. The summed E-state index contributed by atoms with van der Waals surface area (Å²) in [6, 6.07) is 15.9. The Morgan fingerprint density at radius 2 is 2.00 bits per heavy atom. The molecule has 0 bridgehead atoms. The lowest BCUT2D eigenvalue weighted by Gasteiger charge is -2.07. The predicted octanol–water partition coefficient (Wildman–Crippen LogP) is 3.74. The van der Waals surface area contributed by atoms with Gasteiger partial charge in [-0.15, -0.1) is 11.8 Å². The van der Waals surface area contributed by atoms with Crippen LogP contribution in [0.4, 0.5) is 5.69 Å². The first-order chi connectivity index (χ1) is 8.70. The van der Waals surface area contributed by atoms with E-state index < -0.39 is 0 Å². The minimum absolute atomic E-state index is 0.604. The fourth-order valence-electron chi connectivity index (χ4n) is 1.68. The summed E-state index contributed by atoms with van der Waals surface area (Å²) in [5.74, 6) is 0.892. The zero-order chi connectivity index (χ0) is 13.0. The van der Waals surface area contributed by atoms with Crippen molar-refractivity contribution in [3.05, 3.63) is 59.2 Å². The average molecular weight is 254 g/mol. The summed E-state index contributed by atoms with van der Waals surface area (Å²) in [6.45, 7) is 2.11. The van der Waals surface area contributed by atoms with Crippen LogP contribution in [0.25, 0.3) is 0 Å². The molecule has 0 unspecified atom stereocenters. The second-order valence-corrected chi connectivity index (χ2v) is 5.10. The van der Waals surface area contributed by atoms with Crippen LogP contribution >= 0.6 is 11.8 Å². The lowest BCUT2D eigenvalue weighted by Crippen LogP contribution is -1.91. The summed E-state index contributed by atoms with van der Waals surface area (Å²) in [4.78, 5) is 1.03. The van der Waals surface area contributed by atoms with Gasteiger partial charge in [0.2, 0.25) is 0 Å². The molecular weight excluding hydrogens is 240 g/mol. The number of aryl methyl sites for hydroxylation is 1. The van der Waals surface area contributed by atoms with Crippen molar-refractivity contribution in [2.45, 2.75) is 17.6 Å². The quantitative estimate of drug-likeness (QED) is 0.670. The highest BCUT2D eigenvalue weighted by molar-refractivity contribution is 7.98. The van der Waals surface area contributed by atoms with E-state index >= 15 is 0 Å². The Morgan fingerprint density at radius 1 is 1.22 bits per heavy atom. The molecule has 0 aliphatic heterocycles. The number of nitrogen functional groups attached to an aromatic ring is 1. The first-order valence-electron chi connectivity index (χ1n) is 5.67. The Bertz CT molecular complexity index is 600. The third-order valence-corrected chi connectivity index (χ3v) is 3.92. The van der Waals surface area contributed by atoms with Gasteiger partial charge >= 0.3 is 0 Å². The largest absolute Gasteiger partial charge is 0.398 e. The molecule has 2 aromatic rings. The zero-order valence-electron chi connectivity index (χ0n) is 10.2. The Hall–Kier alpha value is -1.92. The van der Waals surface area contributed by atoms with Crippen molar-refractivity contribution in [1.29, 1.82) is 5.26 Å². The summed E-state index contributed by atoms with van der Waals surface area (Å²) >= 11 is 1.70. The van der Waals surface area contributed by atoms with Crippen molar-refractivity contribution in [3.63, 3.8) is 0 Å². The minimum atomic E-state index is 0.604. The van der Waals surface area contributed by atoms with E-state index in [1.54, 1.807) is 23.9 Å². The molecule has 0 spiro atoms. The smallest absolute Gasteiger partial charge is 0.0992 e. The fourth-order valence-corrected chi connectivity index (χ4v) is 2.70. The van der Waals surface area contributed by atoms with Crippen molar-refractivity contribution in [3.8, 4) is 6.07 Å². The standard InChI is InChI=1S/C15H14N2S/c1-11-4-2-3-5-13(11)10-18-15-7-6-12(9-16)8-14(15)17/h2-8H,10,17H2,1H3. The molecule has 2 rings (SSSR count). The van der Waals surface area contributed by atoms with Gasteiger partial charge in [-0.3, -0.25) is 0 Å². The van der Waals surface area contributed by atoms with Gasteiger partial charge in [0.1, 0.15) is 0 Å². The number of hydrogen-bond acceptors (Lipinski definition) is 3. The van der Waals surface area contributed by atoms with Crippen molar-refractivity contribution in [2.24, 2.45) is 0 Å². The molecule has 0 heterocycles. The monoisotopic (exact) mass is 254 g/mol. The number of nitrogens with two attached hydrogens (primary N) is 1.